The van der Waals surface area contributed by atoms with Gasteiger partial charge in [0.05, 0.1) is 20.0 Å². The van der Waals surface area contributed by atoms with Gasteiger partial charge in [-0.1, -0.05) is 31.3 Å². The summed E-state index contributed by atoms with van der Waals surface area (Å²) in [6.07, 6.45) is 1.44. The van der Waals surface area contributed by atoms with Crippen LogP contribution in [0.5, 0.6) is 0 Å². The van der Waals surface area contributed by atoms with Gasteiger partial charge in [0.25, 0.3) is 11.6 Å². The second kappa shape index (κ2) is 9.50. The summed E-state index contributed by atoms with van der Waals surface area (Å²) in [5, 5.41) is 13.8. The molecule has 1 heterocycles. The molecule has 0 radical (unpaired) electrons. The van der Waals surface area contributed by atoms with Crippen molar-refractivity contribution in [1.29, 1.82) is 0 Å². The predicted octanol–water partition coefficient (Wildman–Crippen LogP) is 4.27. The first kappa shape index (κ1) is 22.8. The molecule has 2 aromatic carbocycles. The number of anilines is 1. The van der Waals surface area contributed by atoms with E-state index in [4.69, 9.17) is 0 Å². The van der Waals surface area contributed by atoms with Crippen molar-refractivity contribution in [1.82, 2.24) is 9.29 Å². The standard InChI is InChI=1S/C20H22N4O5S2/c1-3-10-23(11-4-2)31(28,29)16-8-9-17-18(13-16)30-20(21-17)22-19(25)14-6-5-7-15(12-14)24(26)27/h5-9,12-13H,3-4,10-11H2,1-2H3,(H,21,22,25). The highest BCUT2D eigenvalue weighted by Gasteiger charge is 2.24. The van der Waals surface area contributed by atoms with Crippen LogP contribution in [0.2, 0.25) is 0 Å². The molecular weight excluding hydrogens is 440 g/mol. The zero-order valence-corrected chi connectivity index (χ0v) is 18.7. The van der Waals surface area contributed by atoms with Gasteiger partial charge in [0.2, 0.25) is 10.0 Å². The fraction of sp³-hybridized carbons (Fsp3) is 0.300. The fourth-order valence-corrected chi connectivity index (χ4v) is 5.67. The van der Waals surface area contributed by atoms with Crippen LogP contribution in [0.25, 0.3) is 10.2 Å². The van der Waals surface area contributed by atoms with Gasteiger partial charge in [-0.05, 0) is 37.1 Å². The van der Waals surface area contributed by atoms with E-state index in [0.29, 0.717) is 23.3 Å². The number of carbonyl (C=O) groups excluding carboxylic acids is 1. The highest BCUT2D eigenvalue weighted by Crippen LogP contribution is 2.30. The normalized spacial score (nSPS) is 11.7. The Bertz CT molecular complexity index is 1220. The molecule has 1 aromatic heterocycles. The number of nitrogens with one attached hydrogen (secondary N) is 1. The van der Waals surface area contributed by atoms with E-state index in [9.17, 15) is 23.3 Å². The Hall–Kier alpha value is -2.89. The average Bonchev–Trinajstić information content (AvgIpc) is 3.15. The van der Waals surface area contributed by atoms with E-state index < -0.39 is 20.9 Å². The number of thiazole rings is 1. The van der Waals surface area contributed by atoms with E-state index in [-0.39, 0.29) is 21.3 Å². The monoisotopic (exact) mass is 462 g/mol. The molecule has 11 heteroatoms. The molecular formula is C20H22N4O5S2. The number of fused-ring (bicyclic) bond motifs is 1. The van der Waals surface area contributed by atoms with Crippen LogP contribution in [0.1, 0.15) is 37.0 Å². The number of amides is 1. The van der Waals surface area contributed by atoms with Crippen LogP contribution in [0.15, 0.2) is 47.4 Å². The van der Waals surface area contributed by atoms with E-state index in [1.165, 1.54) is 34.6 Å². The molecule has 9 nitrogen and oxygen atoms in total. The topological polar surface area (TPSA) is 123 Å². The van der Waals surface area contributed by atoms with Crippen molar-refractivity contribution in [2.24, 2.45) is 0 Å². The quantitative estimate of drug-likeness (QED) is 0.374. The van der Waals surface area contributed by atoms with Crippen molar-refractivity contribution < 1.29 is 18.1 Å². The minimum Gasteiger partial charge on any atom is -0.298 e. The summed E-state index contributed by atoms with van der Waals surface area (Å²) in [5.74, 6) is -0.535. The van der Waals surface area contributed by atoms with Gasteiger partial charge in [0.1, 0.15) is 0 Å². The Morgan fingerprint density at radius 3 is 2.52 bits per heavy atom. The molecule has 1 N–H and O–H groups in total. The number of aromatic nitrogens is 1. The van der Waals surface area contributed by atoms with Gasteiger partial charge in [-0.25, -0.2) is 13.4 Å². The number of carbonyl (C=O) groups is 1. The van der Waals surface area contributed by atoms with Gasteiger partial charge in [-0.3, -0.25) is 20.2 Å². The molecule has 3 rings (SSSR count). The third-order valence-corrected chi connectivity index (χ3v) is 7.31. The smallest absolute Gasteiger partial charge is 0.270 e. The van der Waals surface area contributed by atoms with Crippen LogP contribution >= 0.6 is 11.3 Å². The number of benzene rings is 2. The largest absolute Gasteiger partial charge is 0.298 e. The van der Waals surface area contributed by atoms with E-state index in [0.717, 1.165) is 24.2 Å². The lowest BCUT2D eigenvalue weighted by atomic mass is 10.2. The van der Waals surface area contributed by atoms with Gasteiger partial charge < -0.3 is 0 Å². The number of nitro groups is 1. The van der Waals surface area contributed by atoms with Crippen molar-refractivity contribution in [2.75, 3.05) is 18.4 Å². The van der Waals surface area contributed by atoms with E-state index in [1.807, 2.05) is 13.8 Å². The van der Waals surface area contributed by atoms with Crippen LogP contribution < -0.4 is 5.32 Å². The predicted molar refractivity (Wildman–Crippen MR) is 120 cm³/mol. The molecule has 0 aliphatic carbocycles. The number of non-ortho nitro benzene ring substituents is 1. The SMILES string of the molecule is CCCN(CCC)S(=O)(=O)c1ccc2nc(NC(=O)c3cccc([N+](=O)[O-])c3)sc2c1. The lowest BCUT2D eigenvalue weighted by Crippen LogP contribution is -2.32. The van der Waals surface area contributed by atoms with E-state index >= 15 is 0 Å². The maximum Gasteiger partial charge on any atom is 0.270 e. The second-order valence-electron chi connectivity index (χ2n) is 6.81. The van der Waals surface area contributed by atoms with Crippen LogP contribution in [0.4, 0.5) is 10.8 Å². The molecule has 0 saturated carbocycles. The van der Waals surface area contributed by atoms with Crippen molar-refractivity contribution in [2.45, 2.75) is 31.6 Å². The average molecular weight is 463 g/mol. The first-order valence-corrected chi connectivity index (χ1v) is 12.0. The molecule has 3 aromatic rings. The Balaban J connectivity index is 1.86. The van der Waals surface area contributed by atoms with Crippen LogP contribution in [-0.2, 0) is 10.0 Å². The van der Waals surface area contributed by atoms with Gasteiger partial charge in [-0.2, -0.15) is 4.31 Å². The first-order valence-electron chi connectivity index (χ1n) is 9.72. The molecule has 0 spiro atoms. The number of nitro benzene ring substituents is 1. The maximum absolute atomic E-state index is 13.0. The lowest BCUT2D eigenvalue weighted by molar-refractivity contribution is -0.384. The fourth-order valence-electron chi connectivity index (χ4n) is 3.05. The number of sulfonamides is 1. The summed E-state index contributed by atoms with van der Waals surface area (Å²) in [7, 11) is -3.63. The molecule has 1 amide bonds. The summed E-state index contributed by atoms with van der Waals surface area (Å²) in [6, 6.07) is 10.1. The number of rotatable bonds is 9. The van der Waals surface area contributed by atoms with Crippen molar-refractivity contribution >= 4 is 48.3 Å². The minimum absolute atomic E-state index is 0.131. The molecule has 164 valence electrons. The van der Waals surface area contributed by atoms with Gasteiger partial charge in [0.15, 0.2) is 5.13 Å². The van der Waals surface area contributed by atoms with Crippen LogP contribution in [0, 0.1) is 10.1 Å². The molecule has 0 saturated heterocycles. The number of hydrogen-bond acceptors (Lipinski definition) is 7. The zero-order chi connectivity index (χ0) is 22.6. The summed E-state index contributed by atoms with van der Waals surface area (Å²) in [6.45, 7) is 4.75. The summed E-state index contributed by atoms with van der Waals surface area (Å²) < 4.78 is 28.1. The second-order valence-corrected chi connectivity index (χ2v) is 9.78. The highest BCUT2D eigenvalue weighted by molar-refractivity contribution is 7.89. The zero-order valence-electron chi connectivity index (χ0n) is 17.1. The third-order valence-electron chi connectivity index (χ3n) is 4.48. The number of hydrogen-bond donors (Lipinski definition) is 1. The Morgan fingerprint density at radius 1 is 1.16 bits per heavy atom. The van der Waals surface area contributed by atoms with E-state index in [1.54, 1.807) is 12.1 Å². The summed E-state index contributed by atoms with van der Waals surface area (Å²) in [4.78, 5) is 27.3. The third kappa shape index (κ3) is 5.06. The molecule has 0 fully saturated rings. The van der Waals surface area contributed by atoms with Crippen molar-refractivity contribution in [3.05, 3.63) is 58.1 Å². The Morgan fingerprint density at radius 2 is 1.87 bits per heavy atom. The van der Waals surface area contributed by atoms with Gasteiger partial charge in [-0.15, -0.1) is 0 Å². The summed E-state index contributed by atoms with van der Waals surface area (Å²) >= 11 is 1.14. The molecule has 31 heavy (non-hydrogen) atoms. The molecule has 0 unspecified atom stereocenters. The van der Waals surface area contributed by atoms with Crippen molar-refractivity contribution in [3.63, 3.8) is 0 Å². The maximum atomic E-state index is 13.0. The minimum atomic E-state index is -3.63. The van der Waals surface area contributed by atoms with Gasteiger partial charge in [0, 0.05) is 30.8 Å². The molecule has 0 aliphatic rings. The number of nitrogens with zero attached hydrogens (tertiary/aromatic N) is 3. The molecule has 0 bridgehead atoms. The van der Waals surface area contributed by atoms with Gasteiger partial charge >= 0.3 is 0 Å². The lowest BCUT2D eigenvalue weighted by Gasteiger charge is -2.20. The van der Waals surface area contributed by atoms with E-state index in [2.05, 4.69) is 10.3 Å². The molecule has 0 atom stereocenters. The molecule has 0 aliphatic heterocycles. The Labute approximate surface area is 183 Å². The summed E-state index contributed by atoms with van der Waals surface area (Å²) in [5.41, 5.74) is 0.498. The van der Waals surface area contributed by atoms with Crippen LogP contribution in [-0.4, -0.2) is 41.6 Å². The Kier molecular flexibility index (Phi) is 6.98. The first-order chi connectivity index (χ1) is 14.8. The highest BCUT2D eigenvalue weighted by atomic mass is 32.2. The van der Waals surface area contributed by atoms with Crippen molar-refractivity contribution in [3.8, 4) is 0 Å². The van der Waals surface area contributed by atoms with Crippen LogP contribution in [0.3, 0.4) is 0 Å².